The quantitative estimate of drug-likeness (QED) is 0.743. The van der Waals surface area contributed by atoms with E-state index in [0.717, 1.165) is 0 Å². The Kier molecular flexibility index (Phi) is 3.41. The number of aliphatic carboxylic acids is 1. The lowest BCUT2D eigenvalue weighted by molar-refractivity contribution is -0.146. The first-order valence-corrected chi connectivity index (χ1v) is 4.65. The van der Waals surface area contributed by atoms with Crippen molar-refractivity contribution in [1.29, 1.82) is 0 Å². The fourth-order valence-electron chi connectivity index (χ4n) is 0.969. The summed E-state index contributed by atoms with van der Waals surface area (Å²) in [7, 11) is 0. The highest BCUT2D eigenvalue weighted by atomic mass is 16.5. The van der Waals surface area contributed by atoms with Gasteiger partial charge in [0.1, 0.15) is 0 Å². The molecule has 0 atom stereocenters. The highest BCUT2D eigenvalue weighted by Crippen LogP contribution is 2.13. The molecule has 1 rings (SSSR count). The van der Waals surface area contributed by atoms with E-state index in [1.807, 2.05) is 0 Å². The third-order valence-corrected chi connectivity index (χ3v) is 1.99. The molecule has 84 valence electrons. The van der Waals surface area contributed by atoms with E-state index in [1.54, 1.807) is 20.8 Å². The lowest BCUT2D eigenvalue weighted by Gasteiger charge is -2.18. The van der Waals surface area contributed by atoms with Crippen LogP contribution in [0.5, 0.6) is 0 Å². The zero-order chi connectivity index (χ0) is 11.5. The van der Waals surface area contributed by atoms with Gasteiger partial charge in [-0.25, -0.2) is 0 Å². The van der Waals surface area contributed by atoms with Gasteiger partial charge >= 0.3 is 5.97 Å². The second-order valence-electron chi connectivity index (χ2n) is 4.03. The number of carboxylic acid groups (broad SMARTS) is 1. The summed E-state index contributed by atoms with van der Waals surface area (Å²) < 4.78 is 4.87. The number of carboxylic acids is 1. The molecule has 0 aliphatic carbocycles. The lowest BCUT2D eigenvalue weighted by Crippen LogP contribution is -2.35. The summed E-state index contributed by atoms with van der Waals surface area (Å²) >= 11 is 0. The summed E-state index contributed by atoms with van der Waals surface area (Å²) in [5, 5.41) is 15.4. The number of aryl methyl sites for hydroxylation is 1. The Morgan fingerprint density at radius 3 is 2.73 bits per heavy atom. The van der Waals surface area contributed by atoms with Crippen LogP contribution < -0.4 is 5.32 Å². The molecule has 6 heteroatoms. The van der Waals surface area contributed by atoms with E-state index in [4.69, 9.17) is 9.63 Å². The normalized spacial score (nSPS) is 11.7. The van der Waals surface area contributed by atoms with Crippen molar-refractivity contribution in [2.24, 2.45) is 5.41 Å². The zero-order valence-electron chi connectivity index (χ0n) is 9.07. The largest absolute Gasteiger partial charge is 0.481 e. The van der Waals surface area contributed by atoms with Gasteiger partial charge in [-0.2, -0.15) is 4.98 Å². The van der Waals surface area contributed by atoms with Crippen LogP contribution in [-0.4, -0.2) is 27.8 Å². The third kappa shape index (κ3) is 3.32. The maximum atomic E-state index is 10.8. The number of nitrogens with one attached hydrogen (secondary N) is 1. The first-order valence-electron chi connectivity index (χ1n) is 4.65. The van der Waals surface area contributed by atoms with Gasteiger partial charge in [-0.05, 0) is 20.8 Å². The molecular formula is C9H15N3O3. The van der Waals surface area contributed by atoms with E-state index in [0.29, 0.717) is 24.8 Å². The van der Waals surface area contributed by atoms with Crippen LogP contribution in [0, 0.1) is 12.3 Å². The highest BCUT2D eigenvalue weighted by molar-refractivity contribution is 5.73. The molecule has 0 spiro atoms. The number of hydrogen-bond donors (Lipinski definition) is 2. The van der Waals surface area contributed by atoms with Crippen molar-refractivity contribution < 1.29 is 14.4 Å². The molecule has 0 aliphatic rings. The third-order valence-electron chi connectivity index (χ3n) is 1.99. The predicted octanol–water partition coefficient (Wildman–Crippen LogP) is 0.578. The average molecular weight is 213 g/mol. The fourth-order valence-corrected chi connectivity index (χ4v) is 0.969. The molecule has 0 saturated carbocycles. The van der Waals surface area contributed by atoms with Gasteiger partial charge < -0.3 is 14.9 Å². The Morgan fingerprint density at radius 2 is 2.27 bits per heavy atom. The van der Waals surface area contributed by atoms with Gasteiger partial charge in [0.2, 0.25) is 5.89 Å². The molecule has 0 aliphatic heterocycles. The van der Waals surface area contributed by atoms with E-state index in [1.165, 1.54) is 0 Å². The van der Waals surface area contributed by atoms with Crippen molar-refractivity contribution in [2.75, 3.05) is 6.54 Å². The topological polar surface area (TPSA) is 88.2 Å². The van der Waals surface area contributed by atoms with Crippen LogP contribution >= 0.6 is 0 Å². The van der Waals surface area contributed by atoms with Crippen molar-refractivity contribution in [2.45, 2.75) is 27.3 Å². The first-order chi connectivity index (χ1) is 6.92. The van der Waals surface area contributed by atoms with Gasteiger partial charge in [0.25, 0.3) is 0 Å². The summed E-state index contributed by atoms with van der Waals surface area (Å²) in [6.45, 7) is 5.78. The molecule has 2 N–H and O–H groups in total. The first kappa shape index (κ1) is 11.6. The summed E-state index contributed by atoms with van der Waals surface area (Å²) in [4.78, 5) is 14.8. The molecule has 0 amide bonds. The van der Waals surface area contributed by atoms with E-state index in [2.05, 4.69) is 15.5 Å². The molecule has 0 unspecified atom stereocenters. The molecular weight excluding hydrogens is 198 g/mol. The molecule has 1 aromatic heterocycles. The molecule has 1 aromatic rings. The summed E-state index contributed by atoms with van der Waals surface area (Å²) in [6.07, 6.45) is 0. The second-order valence-corrected chi connectivity index (χ2v) is 4.03. The van der Waals surface area contributed by atoms with Gasteiger partial charge in [0, 0.05) is 6.54 Å². The minimum Gasteiger partial charge on any atom is -0.481 e. The van der Waals surface area contributed by atoms with Gasteiger partial charge in [0.05, 0.1) is 12.0 Å². The van der Waals surface area contributed by atoms with Crippen LogP contribution in [0.1, 0.15) is 25.6 Å². The molecule has 0 radical (unpaired) electrons. The van der Waals surface area contributed by atoms with Crippen molar-refractivity contribution >= 4 is 5.97 Å². The van der Waals surface area contributed by atoms with Crippen molar-refractivity contribution in [3.05, 3.63) is 11.7 Å². The van der Waals surface area contributed by atoms with Crippen LogP contribution in [0.4, 0.5) is 0 Å². The highest BCUT2D eigenvalue weighted by Gasteiger charge is 2.26. The Morgan fingerprint density at radius 1 is 1.60 bits per heavy atom. The Bertz CT molecular complexity index is 346. The van der Waals surface area contributed by atoms with E-state index >= 15 is 0 Å². The number of rotatable bonds is 5. The predicted molar refractivity (Wildman–Crippen MR) is 52.2 cm³/mol. The van der Waals surface area contributed by atoms with Crippen LogP contribution in [0.15, 0.2) is 4.52 Å². The van der Waals surface area contributed by atoms with E-state index < -0.39 is 11.4 Å². The maximum absolute atomic E-state index is 10.8. The smallest absolute Gasteiger partial charge is 0.310 e. The number of hydrogen-bond acceptors (Lipinski definition) is 5. The van der Waals surface area contributed by atoms with Crippen LogP contribution in [0.2, 0.25) is 0 Å². The SMILES string of the molecule is Cc1noc(CNCC(C)(C)C(=O)O)n1. The molecule has 0 bridgehead atoms. The molecule has 0 fully saturated rings. The van der Waals surface area contributed by atoms with E-state index in [9.17, 15) is 4.79 Å². The van der Waals surface area contributed by atoms with Gasteiger partial charge in [-0.1, -0.05) is 5.16 Å². The van der Waals surface area contributed by atoms with Gasteiger partial charge in [-0.3, -0.25) is 4.79 Å². The van der Waals surface area contributed by atoms with Crippen molar-refractivity contribution in [3.8, 4) is 0 Å². The van der Waals surface area contributed by atoms with Gasteiger partial charge in [-0.15, -0.1) is 0 Å². The maximum Gasteiger partial charge on any atom is 0.310 e. The van der Waals surface area contributed by atoms with Crippen LogP contribution in [-0.2, 0) is 11.3 Å². The molecule has 6 nitrogen and oxygen atoms in total. The lowest BCUT2D eigenvalue weighted by atomic mass is 9.94. The Labute approximate surface area is 87.7 Å². The molecule has 0 aromatic carbocycles. The number of carbonyl (C=O) groups is 1. The van der Waals surface area contributed by atoms with Crippen LogP contribution in [0.3, 0.4) is 0 Å². The number of nitrogens with zero attached hydrogens (tertiary/aromatic N) is 2. The molecule has 15 heavy (non-hydrogen) atoms. The second kappa shape index (κ2) is 4.39. The summed E-state index contributed by atoms with van der Waals surface area (Å²) in [6, 6.07) is 0. The molecule has 0 saturated heterocycles. The average Bonchev–Trinajstić information content (AvgIpc) is 2.51. The standard InChI is InChI=1S/C9H15N3O3/c1-6-11-7(15-12-6)4-10-5-9(2,3)8(13)14/h10H,4-5H2,1-3H3,(H,13,14). The van der Waals surface area contributed by atoms with Crippen molar-refractivity contribution in [1.82, 2.24) is 15.5 Å². The monoisotopic (exact) mass is 213 g/mol. The Hall–Kier alpha value is -1.43. The summed E-state index contributed by atoms with van der Waals surface area (Å²) in [5.41, 5.74) is -0.797. The minimum atomic E-state index is -0.836. The molecule has 1 heterocycles. The van der Waals surface area contributed by atoms with Crippen LogP contribution in [0.25, 0.3) is 0 Å². The summed E-state index contributed by atoms with van der Waals surface area (Å²) in [5.74, 6) is 0.203. The van der Waals surface area contributed by atoms with E-state index in [-0.39, 0.29) is 0 Å². The minimum absolute atomic E-state index is 0.351. The zero-order valence-corrected chi connectivity index (χ0v) is 9.07. The fraction of sp³-hybridized carbons (Fsp3) is 0.667. The number of aromatic nitrogens is 2. The van der Waals surface area contributed by atoms with Crippen molar-refractivity contribution in [3.63, 3.8) is 0 Å². The van der Waals surface area contributed by atoms with Gasteiger partial charge in [0.15, 0.2) is 5.82 Å². The Balaban J connectivity index is 2.36.